The Morgan fingerprint density at radius 3 is 2.68 bits per heavy atom. The first-order valence-electron chi connectivity index (χ1n) is 7.75. The van der Waals surface area contributed by atoms with E-state index in [1.807, 2.05) is 6.07 Å². The van der Waals surface area contributed by atoms with E-state index in [1.54, 1.807) is 22.9 Å². The second-order valence-corrected chi connectivity index (χ2v) is 6.60. The maximum Gasteiger partial charge on any atom is 0.337 e. The summed E-state index contributed by atoms with van der Waals surface area (Å²) in [7, 11) is 0. The third-order valence-corrected chi connectivity index (χ3v) is 4.23. The van der Waals surface area contributed by atoms with Gasteiger partial charge in [-0.05, 0) is 31.9 Å². The summed E-state index contributed by atoms with van der Waals surface area (Å²) in [5.74, 6) is -1.33. The number of hydrogen-bond acceptors (Lipinski definition) is 5. The number of carboxylic acid groups (broad SMARTS) is 1. The number of aromatic nitrogens is 3. The van der Waals surface area contributed by atoms with Crippen LogP contribution in [0.5, 0.6) is 0 Å². The highest BCUT2D eigenvalue weighted by Crippen LogP contribution is 2.40. The van der Waals surface area contributed by atoms with Crippen molar-refractivity contribution in [1.29, 1.82) is 0 Å². The van der Waals surface area contributed by atoms with Crippen LogP contribution in [0.3, 0.4) is 0 Å². The molecule has 132 valence electrons. The van der Waals surface area contributed by atoms with Crippen LogP contribution in [0.25, 0.3) is 5.69 Å². The average Bonchev–Trinajstić information content (AvgIpc) is 3.32. The molecule has 1 aromatic heterocycles. The van der Waals surface area contributed by atoms with E-state index in [-0.39, 0.29) is 11.7 Å². The summed E-state index contributed by atoms with van der Waals surface area (Å²) >= 11 is 6.21. The van der Waals surface area contributed by atoms with Crippen molar-refractivity contribution >= 4 is 23.5 Å². The summed E-state index contributed by atoms with van der Waals surface area (Å²) in [6.07, 6.45) is 1.91. The van der Waals surface area contributed by atoms with Gasteiger partial charge in [0.05, 0.1) is 17.3 Å². The predicted octanol–water partition coefficient (Wildman–Crippen LogP) is 1.36. The van der Waals surface area contributed by atoms with Crippen LogP contribution in [-0.2, 0) is 4.79 Å². The van der Waals surface area contributed by atoms with Crippen LogP contribution in [0, 0.1) is 0 Å². The summed E-state index contributed by atoms with van der Waals surface area (Å²) in [4.78, 5) is 27.4. The van der Waals surface area contributed by atoms with Gasteiger partial charge in [-0.2, -0.15) is 0 Å². The van der Waals surface area contributed by atoms with E-state index in [4.69, 9.17) is 16.7 Å². The highest BCUT2D eigenvalue weighted by Gasteiger charge is 2.33. The van der Waals surface area contributed by atoms with E-state index < -0.39 is 24.0 Å². The first kappa shape index (κ1) is 17.4. The molecule has 3 rings (SSSR count). The molecule has 1 atom stereocenters. The van der Waals surface area contributed by atoms with Crippen LogP contribution in [-0.4, -0.2) is 49.0 Å². The molecule has 0 aliphatic heterocycles. The third-order valence-electron chi connectivity index (χ3n) is 3.91. The fraction of sp³-hybridized carbons (Fsp3) is 0.375. The van der Waals surface area contributed by atoms with Gasteiger partial charge in [-0.1, -0.05) is 23.7 Å². The summed E-state index contributed by atoms with van der Waals surface area (Å²) in [6, 6.07) is 7.10. The minimum absolute atomic E-state index is 0.0944. The van der Waals surface area contributed by atoms with Crippen LogP contribution >= 0.6 is 11.6 Å². The third kappa shape index (κ3) is 3.64. The van der Waals surface area contributed by atoms with Crippen molar-refractivity contribution in [3.8, 4) is 5.69 Å². The van der Waals surface area contributed by atoms with Gasteiger partial charge in [0.15, 0.2) is 5.60 Å². The largest absolute Gasteiger partial charge is 0.479 e. The lowest BCUT2D eigenvalue weighted by Gasteiger charge is -2.17. The van der Waals surface area contributed by atoms with Crippen molar-refractivity contribution in [2.75, 3.05) is 6.54 Å². The first-order chi connectivity index (χ1) is 11.8. The molecule has 0 bridgehead atoms. The van der Waals surface area contributed by atoms with E-state index in [9.17, 15) is 14.7 Å². The molecule has 1 saturated carbocycles. The standard InChI is InChI=1S/C16H17ClN4O4/c1-16(25,15(23)24)8-18-14(22)12-19-13(9-6-7-9)21(20-12)11-5-3-2-4-10(11)17/h2-5,9,25H,6-8H2,1H3,(H,18,22)(H,23,24). The molecule has 1 aliphatic carbocycles. The van der Waals surface area contributed by atoms with Crippen molar-refractivity contribution in [2.45, 2.75) is 31.3 Å². The quantitative estimate of drug-likeness (QED) is 0.712. The molecule has 1 aromatic carbocycles. The number of hydrogen-bond donors (Lipinski definition) is 3. The van der Waals surface area contributed by atoms with Gasteiger partial charge in [0, 0.05) is 5.92 Å². The zero-order valence-corrected chi connectivity index (χ0v) is 14.2. The number of halogens is 1. The van der Waals surface area contributed by atoms with Gasteiger partial charge in [0.25, 0.3) is 5.91 Å². The molecule has 1 heterocycles. The maximum absolute atomic E-state index is 12.3. The van der Waals surface area contributed by atoms with E-state index in [0.717, 1.165) is 19.8 Å². The second kappa shape index (κ2) is 6.45. The second-order valence-electron chi connectivity index (χ2n) is 6.19. The van der Waals surface area contributed by atoms with Crippen molar-refractivity contribution in [3.63, 3.8) is 0 Å². The lowest BCUT2D eigenvalue weighted by atomic mass is 10.1. The summed E-state index contributed by atoms with van der Waals surface area (Å²) in [6.45, 7) is 0.640. The smallest absolute Gasteiger partial charge is 0.337 e. The minimum Gasteiger partial charge on any atom is -0.479 e. The van der Waals surface area contributed by atoms with Crippen LogP contribution < -0.4 is 5.32 Å². The van der Waals surface area contributed by atoms with Gasteiger partial charge in [-0.15, -0.1) is 5.10 Å². The molecule has 1 amide bonds. The average molecular weight is 365 g/mol. The molecule has 0 spiro atoms. The Labute approximate surface area is 148 Å². The van der Waals surface area contributed by atoms with Gasteiger partial charge in [0.2, 0.25) is 5.82 Å². The Kier molecular flexibility index (Phi) is 4.49. The Bertz CT molecular complexity index is 829. The molecular weight excluding hydrogens is 348 g/mol. The van der Waals surface area contributed by atoms with Gasteiger partial charge >= 0.3 is 5.97 Å². The summed E-state index contributed by atoms with van der Waals surface area (Å²) in [5, 5.41) is 25.6. The number of amides is 1. The van der Waals surface area contributed by atoms with E-state index in [0.29, 0.717) is 16.5 Å². The summed E-state index contributed by atoms with van der Waals surface area (Å²) in [5.41, 5.74) is -1.45. The number of aliphatic carboxylic acids is 1. The highest BCUT2D eigenvalue weighted by atomic mass is 35.5. The number of carboxylic acids is 1. The number of nitrogens with one attached hydrogen (secondary N) is 1. The molecule has 9 heteroatoms. The van der Waals surface area contributed by atoms with E-state index in [2.05, 4.69) is 15.4 Å². The zero-order chi connectivity index (χ0) is 18.2. The minimum atomic E-state index is -2.07. The van der Waals surface area contributed by atoms with Crippen molar-refractivity contribution in [2.24, 2.45) is 0 Å². The number of carbonyl (C=O) groups is 2. The lowest BCUT2D eigenvalue weighted by molar-refractivity contribution is -0.155. The SMILES string of the molecule is CC(O)(CNC(=O)c1nc(C2CC2)n(-c2ccccc2Cl)n1)C(=O)O. The first-order valence-corrected chi connectivity index (χ1v) is 8.13. The van der Waals surface area contributed by atoms with E-state index in [1.165, 1.54) is 0 Å². The molecule has 1 fully saturated rings. The van der Waals surface area contributed by atoms with Crippen LogP contribution in [0.4, 0.5) is 0 Å². The Hall–Kier alpha value is -2.45. The number of para-hydroxylation sites is 1. The maximum atomic E-state index is 12.3. The van der Waals surface area contributed by atoms with Gasteiger partial charge < -0.3 is 15.5 Å². The Morgan fingerprint density at radius 1 is 1.40 bits per heavy atom. The van der Waals surface area contributed by atoms with Crippen LogP contribution in [0.15, 0.2) is 24.3 Å². The predicted molar refractivity (Wildman–Crippen MR) is 88.9 cm³/mol. The van der Waals surface area contributed by atoms with Crippen LogP contribution in [0.1, 0.15) is 42.1 Å². The number of nitrogens with zero attached hydrogens (tertiary/aromatic N) is 3. The highest BCUT2D eigenvalue weighted by molar-refractivity contribution is 6.32. The molecule has 8 nitrogen and oxygen atoms in total. The molecule has 0 radical (unpaired) electrons. The van der Waals surface area contributed by atoms with Crippen molar-refractivity contribution < 1.29 is 19.8 Å². The Balaban J connectivity index is 1.86. The number of benzene rings is 1. The normalized spacial score (nSPS) is 16.3. The monoisotopic (exact) mass is 364 g/mol. The van der Waals surface area contributed by atoms with Crippen LogP contribution in [0.2, 0.25) is 5.02 Å². The van der Waals surface area contributed by atoms with Gasteiger partial charge in [-0.3, -0.25) is 4.79 Å². The lowest BCUT2D eigenvalue weighted by Crippen LogP contribution is -2.46. The fourth-order valence-corrected chi connectivity index (χ4v) is 2.45. The van der Waals surface area contributed by atoms with Crippen molar-refractivity contribution in [3.05, 3.63) is 40.9 Å². The topological polar surface area (TPSA) is 117 Å². The van der Waals surface area contributed by atoms with Crippen molar-refractivity contribution in [1.82, 2.24) is 20.1 Å². The number of carbonyl (C=O) groups excluding carboxylic acids is 1. The number of aliphatic hydroxyl groups is 1. The molecule has 3 N–H and O–H groups in total. The zero-order valence-electron chi connectivity index (χ0n) is 13.4. The molecule has 25 heavy (non-hydrogen) atoms. The van der Waals surface area contributed by atoms with E-state index >= 15 is 0 Å². The van der Waals surface area contributed by atoms with Gasteiger partial charge in [-0.25, -0.2) is 14.5 Å². The fourth-order valence-electron chi connectivity index (χ4n) is 2.23. The molecule has 1 aliphatic rings. The number of rotatable bonds is 6. The van der Waals surface area contributed by atoms with Gasteiger partial charge in [0.1, 0.15) is 5.82 Å². The molecule has 1 unspecified atom stereocenters. The molecule has 0 saturated heterocycles. The Morgan fingerprint density at radius 2 is 2.08 bits per heavy atom. The molecular formula is C16H17ClN4O4. The summed E-state index contributed by atoms with van der Waals surface area (Å²) < 4.78 is 1.55. The molecule has 2 aromatic rings.